The summed E-state index contributed by atoms with van der Waals surface area (Å²) in [6.45, 7) is 9.91. The van der Waals surface area contributed by atoms with Crippen molar-refractivity contribution in [2.75, 3.05) is 94.7 Å². The Balaban J connectivity index is 1.13. The third-order valence-electron chi connectivity index (χ3n) is 25.6. The number of alkyl halides is 2. The number of hydrogen-bond acceptors (Lipinski definition) is 14. The number of amides is 11. The zero-order valence-electron chi connectivity index (χ0n) is 66.6. The maximum Gasteiger partial charge on any atom is 0.248 e. The largest absolute Gasteiger partial charge is 0.377 e. The minimum absolute atomic E-state index is 0.00175. The van der Waals surface area contributed by atoms with Crippen molar-refractivity contribution in [3.63, 3.8) is 0 Å². The van der Waals surface area contributed by atoms with Gasteiger partial charge in [0.15, 0.2) is 5.78 Å². The molecule has 0 radical (unpaired) electrons. The summed E-state index contributed by atoms with van der Waals surface area (Å²) in [4.78, 5) is 197. The molecule has 7 aliphatic heterocycles. The number of ketones is 1. The zero-order chi connectivity index (χ0) is 78.5. The SMILES string of the molecule is CCO[C@@H]1C[C@H]2C(=O)NC3(CC(C)(C)C3)C(=O)N(C)[C@@H](C3CCCC3)C(=O)N(C)[C@H](C(=O)N3CCCC3)CC(=O)N(C)[C@H]3C/C=C/C4CCC(CC4)C[C@@H](C(=O)N(C)CC(=O)CN[C@@H](CCCC4CCC(Cl)C(Cl)C4)CC(=O)N2C1)N1CCCC/C=C\C[C@@H](C1=O)N(C)C(=O)CN(C)C(=O)[C@H]([C@@H](C)CC)NC3=O. The van der Waals surface area contributed by atoms with E-state index in [2.05, 4.69) is 16.0 Å². The Labute approximate surface area is 652 Å². The van der Waals surface area contributed by atoms with Crippen molar-refractivity contribution in [2.24, 2.45) is 35.0 Å². The molecule has 108 heavy (non-hydrogen) atoms. The molecule has 604 valence electrons. The van der Waals surface area contributed by atoms with Gasteiger partial charge < -0.3 is 64.8 Å². The normalized spacial score (nSPS) is 33.5. The Morgan fingerprint density at radius 2 is 1.28 bits per heavy atom. The molecule has 11 aliphatic rings. The smallest absolute Gasteiger partial charge is 0.248 e. The van der Waals surface area contributed by atoms with Gasteiger partial charge in [-0.2, -0.15) is 0 Å². The first-order valence-electron chi connectivity index (χ1n) is 40.9. The number of carbonyl (C=O) groups is 12. The summed E-state index contributed by atoms with van der Waals surface area (Å²) in [5, 5.41) is 9.35. The van der Waals surface area contributed by atoms with Crippen LogP contribution in [-0.2, 0) is 62.3 Å². The van der Waals surface area contributed by atoms with Crippen LogP contribution in [-0.4, -0.2) is 280 Å². The molecule has 11 amide bonds. The van der Waals surface area contributed by atoms with Crippen molar-refractivity contribution < 1.29 is 62.3 Å². The fourth-order valence-electron chi connectivity index (χ4n) is 19.1. The Bertz CT molecular complexity index is 3250. The third-order valence-corrected chi connectivity index (χ3v) is 26.8. The van der Waals surface area contributed by atoms with E-state index in [-0.39, 0.29) is 111 Å². The third kappa shape index (κ3) is 21.3. The Morgan fingerprint density at radius 1 is 0.611 bits per heavy atom. The van der Waals surface area contributed by atoms with Gasteiger partial charge in [0.25, 0.3) is 0 Å². The molecule has 3 N–H and O–H groups in total. The molecule has 0 aromatic rings. The van der Waals surface area contributed by atoms with Gasteiger partial charge in [0.1, 0.15) is 47.8 Å². The molecule has 6 fully saturated rings. The molecule has 4 aliphatic carbocycles. The molecule has 1 spiro atoms. The summed E-state index contributed by atoms with van der Waals surface area (Å²) in [6, 6.07) is -8.72. The van der Waals surface area contributed by atoms with Gasteiger partial charge in [-0.15, -0.1) is 23.2 Å². The number of allylic oxidation sites excluding steroid dienone is 2. The predicted molar refractivity (Wildman–Crippen MR) is 414 cm³/mol. The van der Waals surface area contributed by atoms with Gasteiger partial charge in [0.2, 0.25) is 65.0 Å². The van der Waals surface area contributed by atoms with Crippen LogP contribution in [0.3, 0.4) is 0 Å². The number of halogens is 2. The van der Waals surface area contributed by atoms with E-state index >= 15 is 43.2 Å². The number of fused-ring (bicyclic) bond motifs is 24. The highest BCUT2D eigenvalue weighted by atomic mass is 35.5. The number of ether oxygens (including phenoxy) is 1. The summed E-state index contributed by atoms with van der Waals surface area (Å²) >= 11 is 13.3. The number of Topliss-reactive ketones (excluding diaryl/α,β-unsaturated/α-hetero) is 1. The molecular weight excluding hydrogens is 1420 g/mol. The average molecular weight is 1550 g/mol. The van der Waals surface area contributed by atoms with E-state index in [1.807, 2.05) is 58.9 Å². The first kappa shape index (κ1) is 85.8. The Morgan fingerprint density at radius 3 is 1.94 bits per heavy atom. The van der Waals surface area contributed by atoms with Gasteiger partial charge in [-0.1, -0.05) is 84.1 Å². The lowest BCUT2D eigenvalue weighted by Gasteiger charge is -2.54. The van der Waals surface area contributed by atoms with Crippen LogP contribution in [0.4, 0.5) is 0 Å². The van der Waals surface area contributed by atoms with Crippen LogP contribution in [0.2, 0.25) is 0 Å². The van der Waals surface area contributed by atoms with Crippen LogP contribution in [0.5, 0.6) is 0 Å². The summed E-state index contributed by atoms with van der Waals surface area (Å²) in [7, 11) is 9.13. The summed E-state index contributed by atoms with van der Waals surface area (Å²) in [5.74, 6) is -6.61. The second-order valence-electron chi connectivity index (χ2n) is 34.3. The first-order chi connectivity index (χ1) is 51.4. The van der Waals surface area contributed by atoms with Crippen LogP contribution in [0.25, 0.3) is 0 Å². The molecule has 2 saturated heterocycles. The van der Waals surface area contributed by atoms with E-state index in [0.29, 0.717) is 109 Å². The lowest BCUT2D eigenvalue weighted by atomic mass is 9.58. The lowest BCUT2D eigenvalue weighted by molar-refractivity contribution is -0.161. The van der Waals surface area contributed by atoms with Crippen LogP contribution in [0.15, 0.2) is 24.3 Å². The maximum absolute atomic E-state index is 16.0. The molecule has 6 bridgehead atoms. The quantitative estimate of drug-likeness (QED) is 0.111. The molecular formula is C81H128Cl2N12O13. The van der Waals surface area contributed by atoms with Gasteiger partial charge in [0.05, 0.1) is 37.5 Å². The predicted octanol–water partition coefficient (Wildman–Crippen LogP) is 7.23. The van der Waals surface area contributed by atoms with Crippen molar-refractivity contribution in [1.82, 2.24) is 60.0 Å². The van der Waals surface area contributed by atoms with E-state index in [9.17, 15) is 14.4 Å². The molecule has 4 saturated carbocycles. The maximum atomic E-state index is 16.0. The monoisotopic (exact) mass is 1550 g/mol. The Hall–Kier alpha value is -6.18. The number of nitrogens with zero attached hydrogens (tertiary/aromatic N) is 9. The number of rotatable bonds is 10. The van der Waals surface area contributed by atoms with Crippen molar-refractivity contribution >= 4 is 94.0 Å². The molecule has 27 heteroatoms. The first-order valence-corrected chi connectivity index (χ1v) is 41.8. The number of nitrogens with one attached hydrogen (secondary N) is 3. The highest BCUT2D eigenvalue weighted by molar-refractivity contribution is 6.30. The lowest BCUT2D eigenvalue weighted by Crippen LogP contribution is -2.71. The van der Waals surface area contributed by atoms with Crippen LogP contribution >= 0.6 is 23.2 Å². The van der Waals surface area contributed by atoms with E-state index in [0.717, 1.165) is 44.9 Å². The number of carbonyl (C=O) groups excluding carboxylic acids is 12. The fourth-order valence-corrected chi connectivity index (χ4v) is 19.7. The zero-order valence-corrected chi connectivity index (χ0v) is 68.1. The van der Waals surface area contributed by atoms with Gasteiger partial charge in [-0.05, 0) is 170 Å². The van der Waals surface area contributed by atoms with Gasteiger partial charge >= 0.3 is 0 Å². The van der Waals surface area contributed by atoms with E-state index < -0.39 is 143 Å². The highest BCUT2D eigenvalue weighted by Crippen LogP contribution is 2.50. The van der Waals surface area contributed by atoms with Crippen molar-refractivity contribution in [2.45, 2.75) is 285 Å². The van der Waals surface area contributed by atoms with Gasteiger partial charge in [0, 0.05) is 99.3 Å². The van der Waals surface area contributed by atoms with E-state index in [1.165, 1.54) is 62.5 Å². The summed E-state index contributed by atoms with van der Waals surface area (Å²) in [6.07, 6.45) is 21.3. The molecule has 0 aromatic heterocycles. The molecule has 3 unspecified atom stereocenters. The van der Waals surface area contributed by atoms with E-state index in [1.54, 1.807) is 23.9 Å². The minimum Gasteiger partial charge on any atom is -0.377 e. The number of hydrogen-bond donors (Lipinski definition) is 3. The minimum atomic E-state index is -1.52. The van der Waals surface area contributed by atoms with Crippen molar-refractivity contribution in [3.8, 4) is 0 Å². The molecule has 0 aromatic carbocycles. The number of likely N-dealkylation sites (N-methyl/N-ethyl adjacent to an activating group) is 6. The van der Waals surface area contributed by atoms with Crippen LogP contribution < -0.4 is 16.0 Å². The standard InChI is InChI=1S/C81H128Cl2N12O13/c1-12-52(3)70-77(105)88(7)49-69(99)90(9)63-30-17-15-14-16-20-40-94(76(63)104)66-42-55-34-32-53(33-35-55)25-24-31-62(72(100)85-70)89(8)67(97)45-65(75(103)93-38-21-22-39-93)91(10)78(106)71(56-27-18-19-28-56)92(11)79(107)81(50-80(4,5)51-81)86-73(101)64-44-59(108-13-2)48-95(64)68(98)43-57(84-46-58(96)47-87(6)74(66)102)29-23-26-54-36-37-60(82)61(83)41-54/h15,17,24-25,52-57,59-66,70-71,84H,12-14,16,18-23,26-51H2,1-11H3,(H,85,100)(H,86,101)/b17-15-,25-24+/t52-,53?,54?,55?,57-,59+,60?,61?,62-,63-,64-,65-,66-,70-,71-/m0/s1. The molecule has 7 heterocycles. The van der Waals surface area contributed by atoms with Gasteiger partial charge in [-0.25, -0.2) is 0 Å². The van der Waals surface area contributed by atoms with Crippen LogP contribution in [0.1, 0.15) is 214 Å². The van der Waals surface area contributed by atoms with Crippen molar-refractivity contribution in [1.29, 1.82) is 0 Å². The number of likely N-dealkylation sites (tertiary alicyclic amines) is 1. The highest BCUT2D eigenvalue weighted by Gasteiger charge is 2.59. The van der Waals surface area contributed by atoms with Gasteiger partial charge in [-0.3, -0.25) is 57.5 Å². The van der Waals surface area contributed by atoms with Crippen LogP contribution in [0, 0.1) is 35.0 Å². The topological polar surface area (TPSA) is 279 Å². The Kier molecular flexibility index (Phi) is 30.9. The van der Waals surface area contributed by atoms with E-state index in [4.69, 9.17) is 27.9 Å². The average Bonchev–Trinajstić information content (AvgIpc) is 0.941. The molecule has 13 atom stereocenters. The summed E-state index contributed by atoms with van der Waals surface area (Å²) in [5.41, 5.74) is -1.95. The van der Waals surface area contributed by atoms with Crippen molar-refractivity contribution in [3.05, 3.63) is 24.3 Å². The second-order valence-corrected chi connectivity index (χ2v) is 35.4. The second kappa shape index (κ2) is 38.8. The molecule has 25 nitrogen and oxygen atoms in total. The molecule has 11 rings (SSSR count). The summed E-state index contributed by atoms with van der Waals surface area (Å²) < 4.78 is 6.18. The fraction of sp³-hybridized carbons (Fsp3) is 0.802.